The standard InChI is InChI=1S/C12H10O6/c1-6(13)17-8-3-10-12(9(15)5-16-10)11(4-8)18-7(2)14/h3-4H,5H2,1-2H3. The van der Waals surface area contributed by atoms with Gasteiger partial charge in [-0.25, -0.2) is 0 Å². The molecule has 1 aromatic rings. The predicted octanol–water partition coefficient (Wildman–Crippen LogP) is 1.11. The molecule has 0 saturated carbocycles. The smallest absolute Gasteiger partial charge is 0.308 e. The van der Waals surface area contributed by atoms with Crippen LogP contribution in [0.15, 0.2) is 12.1 Å². The van der Waals surface area contributed by atoms with Gasteiger partial charge >= 0.3 is 11.9 Å². The molecule has 0 spiro atoms. The molecule has 18 heavy (non-hydrogen) atoms. The largest absolute Gasteiger partial charge is 0.484 e. The number of esters is 2. The topological polar surface area (TPSA) is 78.9 Å². The quantitative estimate of drug-likeness (QED) is 0.578. The maximum absolute atomic E-state index is 11.6. The van der Waals surface area contributed by atoms with Gasteiger partial charge in [0.2, 0.25) is 5.78 Å². The van der Waals surface area contributed by atoms with Gasteiger partial charge < -0.3 is 14.2 Å². The Morgan fingerprint density at radius 1 is 1.17 bits per heavy atom. The average molecular weight is 250 g/mol. The lowest BCUT2D eigenvalue weighted by Crippen LogP contribution is -2.07. The third kappa shape index (κ3) is 2.32. The third-order valence-electron chi connectivity index (χ3n) is 2.19. The molecule has 1 aromatic carbocycles. The van der Waals surface area contributed by atoms with Crippen LogP contribution in [0, 0.1) is 0 Å². The lowest BCUT2D eigenvalue weighted by molar-refractivity contribution is -0.132. The molecule has 6 nitrogen and oxygen atoms in total. The molecule has 1 heterocycles. The van der Waals surface area contributed by atoms with Crippen molar-refractivity contribution in [2.75, 3.05) is 6.61 Å². The summed E-state index contributed by atoms with van der Waals surface area (Å²) in [6.45, 7) is 2.34. The second-order valence-corrected chi connectivity index (χ2v) is 3.69. The molecule has 0 atom stereocenters. The number of hydrogen-bond acceptors (Lipinski definition) is 6. The summed E-state index contributed by atoms with van der Waals surface area (Å²) in [6, 6.07) is 2.73. The Hall–Kier alpha value is -2.37. The van der Waals surface area contributed by atoms with Gasteiger partial charge in [0.1, 0.15) is 22.8 Å². The Morgan fingerprint density at radius 3 is 2.44 bits per heavy atom. The number of ketones is 1. The highest BCUT2D eigenvalue weighted by atomic mass is 16.5. The van der Waals surface area contributed by atoms with E-state index in [1.165, 1.54) is 26.0 Å². The summed E-state index contributed by atoms with van der Waals surface area (Å²) in [5.41, 5.74) is 0.195. The van der Waals surface area contributed by atoms with E-state index in [2.05, 4.69) is 0 Å². The van der Waals surface area contributed by atoms with Crippen LogP contribution in [0.4, 0.5) is 0 Å². The summed E-state index contributed by atoms with van der Waals surface area (Å²) < 4.78 is 14.9. The van der Waals surface area contributed by atoms with Crippen molar-refractivity contribution < 1.29 is 28.6 Å². The zero-order valence-electron chi connectivity index (χ0n) is 9.81. The van der Waals surface area contributed by atoms with E-state index in [1.54, 1.807) is 0 Å². The van der Waals surface area contributed by atoms with E-state index in [0.29, 0.717) is 0 Å². The highest BCUT2D eigenvalue weighted by Crippen LogP contribution is 2.38. The molecule has 0 radical (unpaired) electrons. The first-order valence-electron chi connectivity index (χ1n) is 5.18. The molecule has 0 amide bonds. The van der Waals surface area contributed by atoms with Gasteiger partial charge in [-0.05, 0) is 0 Å². The molecule has 1 aliphatic rings. The maximum atomic E-state index is 11.6. The lowest BCUT2D eigenvalue weighted by atomic mass is 10.1. The van der Waals surface area contributed by atoms with Crippen LogP contribution in [-0.2, 0) is 9.59 Å². The van der Waals surface area contributed by atoms with E-state index >= 15 is 0 Å². The van der Waals surface area contributed by atoms with Crippen molar-refractivity contribution in [2.24, 2.45) is 0 Å². The molecule has 1 aliphatic heterocycles. The summed E-state index contributed by atoms with van der Waals surface area (Å²) in [5, 5.41) is 0. The molecule has 0 saturated heterocycles. The van der Waals surface area contributed by atoms with Gasteiger partial charge in [-0.3, -0.25) is 14.4 Å². The Morgan fingerprint density at radius 2 is 1.83 bits per heavy atom. The molecule has 0 unspecified atom stereocenters. The van der Waals surface area contributed by atoms with Gasteiger partial charge in [-0.2, -0.15) is 0 Å². The molecule has 0 fully saturated rings. The average Bonchev–Trinajstić information content (AvgIpc) is 2.58. The Labute approximate surface area is 102 Å². The van der Waals surface area contributed by atoms with Gasteiger partial charge in [0.05, 0.1) is 0 Å². The number of carbonyl (C=O) groups is 3. The fourth-order valence-corrected chi connectivity index (χ4v) is 1.63. The van der Waals surface area contributed by atoms with Crippen molar-refractivity contribution in [3.63, 3.8) is 0 Å². The molecule has 0 aliphatic carbocycles. The highest BCUT2D eigenvalue weighted by molar-refractivity contribution is 6.05. The fraction of sp³-hybridized carbons (Fsp3) is 0.250. The van der Waals surface area contributed by atoms with Crippen LogP contribution in [0.5, 0.6) is 17.2 Å². The van der Waals surface area contributed by atoms with E-state index in [-0.39, 0.29) is 35.2 Å². The van der Waals surface area contributed by atoms with Crippen LogP contribution < -0.4 is 14.2 Å². The second kappa shape index (κ2) is 4.48. The Balaban J connectivity index is 2.47. The lowest BCUT2D eigenvalue weighted by Gasteiger charge is -2.08. The van der Waals surface area contributed by atoms with Crippen LogP contribution in [0.2, 0.25) is 0 Å². The summed E-state index contributed by atoms with van der Waals surface area (Å²) in [5.74, 6) is -0.929. The van der Waals surface area contributed by atoms with Crippen molar-refractivity contribution in [1.82, 2.24) is 0 Å². The fourth-order valence-electron chi connectivity index (χ4n) is 1.63. The Bertz CT molecular complexity index is 546. The zero-order chi connectivity index (χ0) is 13.3. The molecule has 6 heteroatoms. The van der Waals surface area contributed by atoms with E-state index < -0.39 is 11.9 Å². The van der Waals surface area contributed by atoms with Crippen LogP contribution in [-0.4, -0.2) is 24.3 Å². The summed E-state index contributed by atoms with van der Waals surface area (Å²) in [6.07, 6.45) is 0. The molecule has 2 rings (SSSR count). The van der Waals surface area contributed by atoms with E-state index in [1.807, 2.05) is 0 Å². The van der Waals surface area contributed by atoms with Gasteiger partial charge in [0.15, 0.2) is 6.61 Å². The van der Waals surface area contributed by atoms with Crippen LogP contribution in [0.1, 0.15) is 24.2 Å². The number of rotatable bonds is 2. The van der Waals surface area contributed by atoms with Gasteiger partial charge in [0.25, 0.3) is 0 Å². The zero-order valence-corrected chi connectivity index (χ0v) is 9.81. The maximum Gasteiger partial charge on any atom is 0.308 e. The van der Waals surface area contributed by atoms with Crippen LogP contribution >= 0.6 is 0 Å². The predicted molar refractivity (Wildman–Crippen MR) is 58.9 cm³/mol. The number of Topliss-reactive ketones (excluding diaryl/α,β-unsaturated/α-hetero) is 1. The first kappa shape index (κ1) is 12.1. The van der Waals surface area contributed by atoms with Gasteiger partial charge in [0, 0.05) is 26.0 Å². The summed E-state index contributed by atoms with van der Waals surface area (Å²) >= 11 is 0. The highest BCUT2D eigenvalue weighted by Gasteiger charge is 2.28. The minimum atomic E-state index is -0.572. The van der Waals surface area contributed by atoms with Crippen molar-refractivity contribution in [3.8, 4) is 17.2 Å². The minimum absolute atomic E-state index is 0.0405. The van der Waals surface area contributed by atoms with E-state index in [9.17, 15) is 14.4 Å². The van der Waals surface area contributed by atoms with Crippen molar-refractivity contribution >= 4 is 17.7 Å². The number of benzene rings is 1. The summed E-state index contributed by atoms with van der Waals surface area (Å²) in [7, 11) is 0. The van der Waals surface area contributed by atoms with Gasteiger partial charge in [-0.1, -0.05) is 0 Å². The number of fused-ring (bicyclic) bond motifs is 1. The van der Waals surface area contributed by atoms with Gasteiger partial charge in [-0.15, -0.1) is 0 Å². The van der Waals surface area contributed by atoms with Crippen LogP contribution in [0.25, 0.3) is 0 Å². The third-order valence-corrected chi connectivity index (χ3v) is 2.19. The molecule has 94 valence electrons. The van der Waals surface area contributed by atoms with Crippen molar-refractivity contribution in [3.05, 3.63) is 17.7 Å². The molecular formula is C12H10O6. The van der Waals surface area contributed by atoms with E-state index in [0.717, 1.165) is 0 Å². The monoisotopic (exact) mass is 250 g/mol. The molecule has 0 aromatic heterocycles. The van der Waals surface area contributed by atoms with Crippen molar-refractivity contribution in [1.29, 1.82) is 0 Å². The first-order valence-corrected chi connectivity index (χ1v) is 5.18. The molecular weight excluding hydrogens is 240 g/mol. The van der Waals surface area contributed by atoms with E-state index in [4.69, 9.17) is 14.2 Å². The first-order chi connectivity index (χ1) is 8.47. The second-order valence-electron chi connectivity index (χ2n) is 3.69. The van der Waals surface area contributed by atoms with Crippen LogP contribution in [0.3, 0.4) is 0 Å². The van der Waals surface area contributed by atoms with Crippen molar-refractivity contribution in [2.45, 2.75) is 13.8 Å². The Kier molecular flexibility index (Phi) is 3.01. The number of carbonyl (C=O) groups excluding carboxylic acids is 3. The number of ether oxygens (including phenoxy) is 3. The summed E-state index contributed by atoms with van der Waals surface area (Å²) in [4.78, 5) is 33.4. The SMILES string of the molecule is CC(=O)Oc1cc2c(c(OC(C)=O)c1)C(=O)CO2. The molecule has 0 N–H and O–H groups in total. The minimum Gasteiger partial charge on any atom is -0.484 e. The molecule has 0 bridgehead atoms. The number of hydrogen-bond donors (Lipinski definition) is 0. The normalized spacial score (nSPS) is 12.7.